The molecule has 5 rings (SSSR count). The van der Waals surface area contributed by atoms with E-state index >= 15 is 0 Å². The number of nitrogens with zero attached hydrogens (tertiary/aromatic N) is 4. The maximum atomic E-state index is 13.6. The lowest BCUT2D eigenvalue weighted by molar-refractivity contribution is -0.147. The highest BCUT2D eigenvalue weighted by atomic mass is 16.4. The molecular weight excluding hydrogens is 702 g/mol. The summed E-state index contributed by atoms with van der Waals surface area (Å²) in [5.41, 5.74) is 0.395. The Morgan fingerprint density at radius 2 is 1.06 bits per heavy atom. The zero-order valence-electron chi connectivity index (χ0n) is 30.1. The molecule has 3 amide bonds. The Morgan fingerprint density at radius 3 is 1.50 bits per heavy atom. The van der Waals surface area contributed by atoms with Crippen LogP contribution in [0.25, 0.3) is 0 Å². The third kappa shape index (κ3) is 10.3. The fraction of sp³-hybridized carbons (Fsp3) is 0.526. The Bertz CT molecular complexity index is 1670. The van der Waals surface area contributed by atoms with E-state index in [0.717, 1.165) is 12.8 Å². The standard InChI is InChI=1S/C38H49N5O11/c44-27-10-8-24(9-11-27)37(53)25-12-16-40(17-13-25)32(47)20-42(22-34(49)50)28-4-1-2-5-29(28)43(23-35(51)52)21-33(48)41-18-14-26(15-19-41)38(54)39-36-30(45)6-3-7-31(36)46/h3,6-11,25-26,28-29,44-46H,1-2,4-5,12-23H2,(H,39,54)(H,49,50)(H,51,52). The first-order valence-electron chi connectivity index (χ1n) is 18.4. The molecule has 0 radical (unpaired) electrons. The summed E-state index contributed by atoms with van der Waals surface area (Å²) in [5.74, 6) is -4.65. The minimum absolute atomic E-state index is 0.0604. The second kappa shape index (κ2) is 18.2. The summed E-state index contributed by atoms with van der Waals surface area (Å²) in [7, 11) is 0. The number of carboxylic acids is 2. The number of hydrogen-bond acceptors (Lipinski definition) is 11. The fourth-order valence-corrected chi connectivity index (χ4v) is 7.94. The molecular formula is C38H49N5O11. The summed E-state index contributed by atoms with van der Waals surface area (Å²) in [5, 5.41) is 51.9. The van der Waals surface area contributed by atoms with Crippen LogP contribution < -0.4 is 5.32 Å². The average Bonchev–Trinajstić information content (AvgIpc) is 3.15. The minimum atomic E-state index is -1.15. The van der Waals surface area contributed by atoms with Gasteiger partial charge < -0.3 is 40.6 Å². The Labute approximate surface area is 312 Å². The number of para-hydroxylation sites is 1. The van der Waals surface area contributed by atoms with Crippen LogP contribution in [0.2, 0.25) is 0 Å². The van der Waals surface area contributed by atoms with Crippen molar-refractivity contribution in [1.82, 2.24) is 19.6 Å². The maximum absolute atomic E-state index is 13.6. The van der Waals surface area contributed by atoms with Gasteiger partial charge in [0.2, 0.25) is 17.7 Å². The third-order valence-electron chi connectivity index (χ3n) is 10.8. The summed E-state index contributed by atoms with van der Waals surface area (Å²) in [6.07, 6.45) is 3.98. The van der Waals surface area contributed by atoms with Crippen molar-refractivity contribution in [2.24, 2.45) is 11.8 Å². The van der Waals surface area contributed by atoms with Crippen molar-refractivity contribution in [2.75, 3.05) is 57.7 Å². The summed E-state index contributed by atoms with van der Waals surface area (Å²) in [6, 6.07) is 9.12. The summed E-state index contributed by atoms with van der Waals surface area (Å²) in [6.45, 7) is -0.278. The molecule has 3 fully saturated rings. The first-order chi connectivity index (χ1) is 25.8. The number of carbonyl (C=O) groups is 6. The van der Waals surface area contributed by atoms with Crippen LogP contribution in [0.5, 0.6) is 17.2 Å². The van der Waals surface area contributed by atoms with Crippen LogP contribution in [0, 0.1) is 11.8 Å². The molecule has 1 aliphatic carbocycles. The van der Waals surface area contributed by atoms with Crippen LogP contribution in [0.4, 0.5) is 5.69 Å². The molecule has 2 aromatic rings. The smallest absolute Gasteiger partial charge is 0.317 e. The molecule has 6 N–H and O–H groups in total. The number of amides is 3. The molecule has 0 bridgehead atoms. The highest BCUT2D eigenvalue weighted by Gasteiger charge is 2.39. The number of carbonyl (C=O) groups excluding carboxylic acids is 4. The monoisotopic (exact) mass is 751 g/mol. The number of hydrogen-bond donors (Lipinski definition) is 6. The van der Waals surface area contributed by atoms with Crippen molar-refractivity contribution in [3.63, 3.8) is 0 Å². The number of carboxylic acid groups (broad SMARTS) is 2. The number of likely N-dealkylation sites (tertiary alicyclic amines) is 2. The molecule has 292 valence electrons. The Balaban J connectivity index is 1.20. The molecule has 54 heavy (non-hydrogen) atoms. The van der Waals surface area contributed by atoms with E-state index in [-0.39, 0.29) is 72.6 Å². The van der Waals surface area contributed by atoms with Crippen molar-refractivity contribution < 1.29 is 54.3 Å². The number of phenols is 3. The van der Waals surface area contributed by atoms with Gasteiger partial charge in [-0.3, -0.25) is 38.6 Å². The van der Waals surface area contributed by atoms with Crippen LogP contribution in [0.15, 0.2) is 42.5 Å². The van der Waals surface area contributed by atoms with Crippen LogP contribution >= 0.6 is 0 Å². The molecule has 2 heterocycles. The average molecular weight is 752 g/mol. The number of aliphatic carboxylic acids is 2. The second-order valence-electron chi connectivity index (χ2n) is 14.4. The number of nitrogens with one attached hydrogen (secondary N) is 1. The summed E-state index contributed by atoms with van der Waals surface area (Å²) in [4.78, 5) is 83.7. The van der Waals surface area contributed by atoms with Gasteiger partial charge in [0.15, 0.2) is 5.78 Å². The Kier molecular flexibility index (Phi) is 13.5. The van der Waals surface area contributed by atoms with E-state index in [1.807, 2.05) is 0 Å². The number of Topliss-reactive ketones (excluding diaryl/α,β-unsaturated/α-hetero) is 1. The number of rotatable bonds is 14. The predicted octanol–water partition coefficient (Wildman–Crippen LogP) is 2.19. The van der Waals surface area contributed by atoms with Gasteiger partial charge in [-0.1, -0.05) is 18.9 Å². The van der Waals surface area contributed by atoms with Crippen molar-refractivity contribution in [3.05, 3.63) is 48.0 Å². The lowest BCUT2D eigenvalue weighted by atomic mass is 9.87. The second-order valence-corrected chi connectivity index (χ2v) is 14.4. The lowest BCUT2D eigenvalue weighted by Crippen LogP contribution is -2.59. The van der Waals surface area contributed by atoms with E-state index in [9.17, 15) is 54.3 Å². The van der Waals surface area contributed by atoms with Crippen molar-refractivity contribution >= 4 is 41.1 Å². The van der Waals surface area contributed by atoms with E-state index in [2.05, 4.69) is 5.32 Å². The topological polar surface area (TPSA) is 229 Å². The molecule has 0 spiro atoms. The van der Waals surface area contributed by atoms with Crippen LogP contribution in [0.1, 0.15) is 61.7 Å². The quantitative estimate of drug-likeness (QED) is 0.120. The van der Waals surface area contributed by atoms with E-state index in [0.29, 0.717) is 57.2 Å². The fourth-order valence-electron chi connectivity index (χ4n) is 7.94. The zero-order chi connectivity index (χ0) is 38.9. The van der Waals surface area contributed by atoms with Gasteiger partial charge in [-0.05, 0) is 74.9 Å². The molecule has 2 aromatic carbocycles. The van der Waals surface area contributed by atoms with Gasteiger partial charge in [-0.25, -0.2) is 0 Å². The number of piperidine rings is 2. The van der Waals surface area contributed by atoms with Crippen LogP contribution in [0.3, 0.4) is 0 Å². The molecule has 2 aliphatic heterocycles. The lowest BCUT2D eigenvalue weighted by Gasteiger charge is -2.45. The molecule has 1 saturated carbocycles. The number of benzene rings is 2. The van der Waals surface area contributed by atoms with Gasteiger partial charge in [0.05, 0.1) is 26.2 Å². The molecule has 3 aliphatic rings. The Hall–Kier alpha value is -5.22. The Morgan fingerprint density at radius 1 is 0.611 bits per heavy atom. The van der Waals surface area contributed by atoms with Crippen LogP contribution in [-0.4, -0.2) is 145 Å². The highest BCUT2D eigenvalue weighted by Crippen LogP contribution is 2.34. The highest BCUT2D eigenvalue weighted by molar-refractivity contribution is 5.98. The number of ketones is 1. The van der Waals surface area contributed by atoms with Gasteiger partial charge in [0, 0.05) is 55.7 Å². The van der Waals surface area contributed by atoms with Crippen LogP contribution in [-0.2, 0) is 24.0 Å². The normalized spacial score (nSPS) is 19.8. The predicted molar refractivity (Wildman–Crippen MR) is 194 cm³/mol. The number of anilines is 1. The largest absolute Gasteiger partial charge is 0.508 e. The zero-order valence-corrected chi connectivity index (χ0v) is 30.1. The first kappa shape index (κ1) is 40.0. The van der Waals surface area contributed by atoms with Gasteiger partial charge >= 0.3 is 11.9 Å². The summed E-state index contributed by atoms with van der Waals surface area (Å²) >= 11 is 0. The number of aromatic hydroxyl groups is 3. The molecule has 0 aromatic heterocycles. The van der Waals surface area contributed by atoms with Gasteiger partial charge in [-0.2, -0.15) is 0 Å². The van der Waals surface area contributed by atoms with Gasteiger partial charge in [0.1, 0.15) is 22.9 Å². The van der Waals surface area contributed by atoms with E-state index in [4.69, 9.17) is 0 Å². The maximum Gasteiger partial charge on any atom is 0.317 e. The van der Waals surface area contributed by atoms with Gasteiger partial charge in [0.25, 0.3) is 0 Å². The van der Waals surface area contributed by atoms with Gasteiger partial charge in [-0.15, -0.1) is 0 Å². The first-order valence-corrected chi connectivity index (χ1v) is 18.4. The van der Waals surface area contributed by atoms with Crippen molar-refractivity contribution in [1.29, 1.82) is 0 Å². The van der Waals surface area contributed by atoms with E-state index in [1.54, 1.807) is 31.7 Å². The summed E-state index contributed by atoms with van der Waals surface area (Å²) < 4.78 is 0. The third-order valence-corrected chi connectivity index (χ3v) is 10.8. The molecule has 2 saturated heterocycles. The van der Waals surface area contributed by atoms with Crippen molar-refractivity contribution in [3.8, 4) is 17.2 Å². The van der Waals surface area contributed by atoms with Crippen molar-refractivity contribution in [2.45, 2.75) is 63.5 Å². The molecule has 16 heteroatoms. The molecule has 2 atom stereocenters. The number of phenolic OH excluding ortho intramolecular Hbond substituents is 3. The molecule has 2 unspecified atom stereocenters. The van der Waals surface area contributed by atoms with E-state index < -0.39 is 48.9 Å². The SMILES string of the molecule is O=C(O)CN(CC(=O)N1CCC(C(=O)Nc2c(O)cccc2O)CC1)C1CCCCC1N(CC(=O)O)CC(=O)N1CCC(C(=O)c2ccc(O)cc2)CC1. The van der Waals surface area contributed by atoms with E-state index in [1.165, 1.54) is 30.3 Å². The molecule has 16 nitrogen and oxygen atoms in total. The minimum Gasteiger partial charge on any atom is -0.508 e.